The summed E-state index contributed by atoms with van der Waals surface area (Å²) < 4.78 is 14.0. The van der Waals surface area contributed by atoms with Crippen molar-refractivity contribution in [3.63, 3.8) is 0 Å². The Hall–Kier alpha value is -0.630. The summed E-state index contributed by atoms with van der Waals surface area (Å²) in [5, 5.41) is 0.180. The third kappa shape index (κ3) is 2.31. The van der Waals surface area contributed by atoms with Crippen molar-refractivity contribution in [1.82, 2.24) is 4.98 Å². The largest absolute Gasteiger partial charge is 0.256 e. The van der Waals surface area contributed by atoms with E-state index >= 15 is 0 Å². The van der Waals surface area contributed by atoms with Crippen LogP contribution in [0.4, 0.5) is 4.39 Å². The number of aryl methyl sites for hydroxylation is 1. The van der Waals surface area contributed by atoms with Gasteiger partial charge in [0.25, 0.3) is 0 Å². The molecule has 15 heavy (non-hydrogen) atoms. The molecule has 0 aliphatic heterocycles. The van der Waals surface area contributed by atoms with Crippen LogP contribution in [0.3, 0.4) is 0 Å². The average molecular weight is 230 g/mol. The third-order valence-electron chi connectivity index (χ3n) is 2.46. The first-order valence-corrected chi connectivity index (χ1v) is 5.59. The van der Waals surface area contributed by atoms with Crippen LogP contribution in [0.2, 0.25) is 5.02 Å². The highest BCUT2D eigenvalue weighted by atomic mass is 35.5. The number of halogens is 2. The Labute approximate surface area is 95.7 Å². The molecule has 84 valence electrons. The molecule has 1 nitrogen and oxygen atoms in total. The van der Waals surface area contributed by atoms with E-state index in [4.69, 9.17) is 11.6 Å². The molecule has 0 fully saturated rings. The summed E-state index contributed by atoms with van der Waals surface area (Å²) in [4.78, 5) is 4.38. The fraction of sp³-hybridized carbons (Fsp3) is 0.583. The minimum Gasteiger partial charge on any atom is -0.256 e. The second-order valence-electron chi connectivity index (χ2n) is 4.43. The summed E-state index contributed by atoms with van der Waals surface area (Å²) in [5.74, 6) is -0.0500. The Bertz CT molecular complexity index is 372. The number of hydrogen-bond donors (Lipinski definition) is 0. The van der Waals surface area contributed by atoms with Crippen molar-refractivity contribution in [2.75, 3.05) is 0 Å². The predicted molar refractivity (Wildman–Crippen MR) is 62.1 cm³/mol. The highest BCUT2D eigenvalue weighted by Crippen LogP contribution is 2.31. The molecule has 1 rings (SSSR count). The molecule has 0 bridgehead atoms. The number of aromatic nitrogens is 1. The Morgan fingerprint density at radius 3 is 2.07 bits per heavy atom. The summed E-state index contributed by atoms with van der Waals surface area (Å²) >= 11 is 5.97. The zero-order valence-electron chi connectivity index (χ0n) is 9.86. The van der Waals surface area contributed by atoms with Gasteiger partial charge in [-0.15, -0.1) is 0 Å². The molecule has 0 unspecified atom stereocenters. The van der Waals surface area contributed by atoms with Crippen LogP contribution in [-0.4, -0.2) is 4.98 Å². The minimum absolute atomic E-state index is 0.108. The van der Waals surface area contributed by atoms with Crippen molar-refractivity contribution in [3.8, 4) is 0 Å². The van der Waals surface area contributed by atoms with Gasteiger partial charge in [0.1, 0.15) is 5.82 Å². The second kappa shape index (κ2) is 4.48. The molecule has 0 aliphatic rings. The maximum atomic E-state index is 14.0. The summed E-state index contributed by atoms with van der Waals surface area (Å²) in [6.45, 7) is 9.64. The molecule has 0 aromatic carbocycles. The van der Waals surface area contributed by atoms with Crippen LogP contribution in [0, 0.1) is 12.7 Å². The van der Waals surface area contributed by atoms with Crippen molar-refractivity contribution in [3.05, 3.63) is 27.8 Å². The molecular formula is C12H17ClFN. The molecule has 3 heteroatoms. The van der Waals surface area contributed by atoms with Crippen LogP contribution in [0.25, 0.3) is 0 Å². The van der Waals surface area contributed by atoms with Gasteiger partial charge in [-0.2, -0.15) is 0 Å². The van der Waals surface area contributed by atoms with E-state index in [1.807, 2.05) is 34.6 Å². The lowest BCUT2D eigenvalue weighted by Crippen LogP contribution is -2.06. The van der Waals surface area contributed by atoms with Crippen molar-refractivity contribution in [1.29, 1.82) is 0 Å². The highest BCUT2D eigenvalue weighted by Gasteiger charge is 2.19. The van der Waals surface area contributed by atoms with Crippen molar-refractivity contribution in [2.45, 2.75) is 46.5 Å². The quantitative estimate of drug-likeness (QED) is 0.731. The molecule has 0 atom stereocenters. The third-order valence-corrected chi connectivity index (χ3v) is 2.82. The van der Waals surface area contributed by atoms with Crippen LogP contribution in [0.15, 0.2) is 0 Å². The van der Waals surface area contributed by atoms with Crippen molar-refractivity contribution >= 4 is 11.6 Å². The number of hydrogen-bond acceptors (Lipinski definition) is 1. The van der Waals surface area contributed by atoms with Gasteiger partial charge in [-0.3, -0.25) is 4.98 Å². The fourth-order valence-corrected chi connectivity index (χ4v) is 2.10. The van der Waals surface area contributed by atoms with Gasteiger partial charge in [-0.1, -0.05) is 39.3 Å². The monoisotopic (exact) mass is 229 g/mol. The molecular weight excluding hydrogens is 213 g/mol. The van der Waals surface area contributed by atoms with Gasteiger partial charge in [-0.25, -0.2) is 4.39 Å². The molecule has 0 saturated carbocycles. The Balaban J connectivity index is 3.44. The maximum absolute atomic E-state index is 14.0. The van der Waals surface area contributed by atoms with E-state index in [1.54, 1.807) is 0 Å². The minimum atomic E-state index is -0.303. The summed E-state index contributed by atoms with van der Waals surface area (Å²) in [7, 11) is 0. The average Bonchev–Trinajstić information content (AvgIpc) is 2.10. The van der Waals surface area contributed by atoms with Crippen molar-refractivity contribution in [2.24, 2.45) is 0 Å². The molecule has 0 amide bonds. The van der Waals surface area contributed by atoms with Gasteiger partial charge in [0, 0.05) is 11.3 Å². The van der Waals surface area contributed by atoms with Crippen LogP contribution in [0.5, 0.6) is 0 Å². The number of nitrogens with zero attached hydrogens (tertiary/aromatic N) is 1. The van der Waals surface area contributed by atoms with Crippen LogP contribution < -0.4 is 0 Å². The van der Waals surface area contributed by atoms with E-state index in [0.29, 0.717) is 11.3 Å². The van der Waals surface area contributed by atoms with Crippen molar-refractivity contribution < 1.29 is 4.39 Å². The standard InChI is InChI=1S/C12H17ClFN/c1-6(2)9-8(5)15-12(7(3)4)10(13)11(9)14/h6-7H,1-5H3. The SMILES string of the molecule is Cc1nc(C(C)C)c(Cl)c(F)c1C(C)C. The van der Waals surface area contributed by atoms with E-state index in [9.17, 15) is 4.39 Å². The smallest absolute Gasteiger partial charge is 0.148 e. The number of pyridine rings is 1. The first-order valence-electron chi connectivity index (χ1n) is 5.21. The maximum Gasteiger partial charge on any atom is 0.148 e. The fourth-order valence-electron chi connectivity index (χ4n) is 1.73. The second-order valence-corrected chi connectivity index (χ2v) is 4.81. The molecule has 0 aliphatic carbocycles. The lowest BCUT2D eigenvalue weighted by atomic mass is 9.99. The summed E-state index contributed by atoms with van der Waals surface area (Å²) in [6.07, 6.45) is 0. The molecule has 1 aromatic heterocycles. The first kappa shape index (κ1) is 12.4. The lowest BCUT2D eigenvalue weighted by molar-refractivity contribution is 0.584. The molecule has 1 heterocycles. The van der Waals surface area contributed by atoms with Crippen LogP contribution >= 0.6 is 11.6 Å². The van der Waals surface area contributed by atoms with E-state index in [0.717, 1.165) is 5.69 Å². The van der Waals surface area contributed by atoms with Crippen LogP contribution in [-0.2, 0) is 0 Å². The van der Waals surface area contributed by atoms with E-state index in [1.165, 1.54) is 0 Å². The Morgan fingerprint density at radius 2 is 1.67 bits per heavy atom. The van der Waals surface area contributed by atoms with Gasteiger partial charge in [0.2, 0.25) is 0 Å². The van der Waals surface area contributed by atoms with E-state index < -0.39 is 0 Å². The van der Waals surface area contributed by atoms with E-state index in [-0.39, 0.29) is 22.7 Å². The predicted octanol–water partition coefficient (Wildman–Crippen LogP) is 4.43. The zero-order valence-corrected chi connectivity index (χ0v) is 10.6. The molecule has 0 spiro atoms. The van der Waals surface area contributed by atoms with Gasteiger partial charge in [0.15, 0.2) is 0 Å². The molecule has 0 radical (unpaired) electrons. The first-order chi connectivity index (χ1) is 6.86. The van der Waals surface area contributed by atoms with Gasteiger partial charge >= 0.3 is 0 Å². The van der Waals surface area contributed by atoms with Gasteiger partial charge in [-0.05, 0) is 18.8 Å². The topological polar surface area (TPSA) is 12.9 Å². The molecule has 0 saturated heterocycles. The summed E-state index contributed by atoms with van der Waals surface area (Å²) in [6, 6.07) is 0. The van der Waals surface area contributed by atoms with E-state index in [2.05, 4.69) is 4.98 Å². The highest BCUT2D eigenvalue weighted by molar-refractivity contribution is 6.31. The van der Waals surface area contributed by atoms with Gasteiger partial charge < -0.3 is 0 Å². The zero-order chi connectivity index (χ0) is 11.7. The Morgan fingerprint density at radius 1 is 1.13 bits per heavy atom. The Kier molecular flexibility index (Phi) is 3.72. The number of rotatable bonds is 2. The summed E-state index contributed by atoms with van der Waals surface area (Å²) in [5.41, 5.74) is 2.02. The van der Waals surface area contributed by atoms with Crippen LogP contribution in [0.1, 0.15) is 56.5 Å². The lowest BCUT2D eigenvalue weighted by Gasteiger charge is -2.16. The van der Waals surface area contributed by atoms with Gasteiger partial charge in [0.05, 0.1) is 10.7 Å². The normalized spacial score (nSPS) is 11.5. The molecule has 0 N–H and O–H groups in total. The molecule has 1 aromatic rings.